The first-order valence-corrected chi connectivity index (χ1v) is 7.25. The van der Waals surface area contributed by atoms with Crippen molar-refractivity contribution in [2.75, 3.05) is 20.1 Å². The molecule has 106 valence electrons. The summed E-state index contributed by atoms with van der Waals surface area (Å²) in [5.74, 6) is 0.647. The van der Waals surface area contributed by atoms with Gasteiger partial charge in [0, 0.05) is 12.6 Å². The van der Waals surface area contributed by atoms with Gasteiger partial charge in [-0.3, -0.25) is 4.90 Å². The molecule has 1 aliphatic rings. The summed E-state index contributed by atoms with van der Waals surface area (Å²) in [5.41, 5.74) is 2.31. The van der Waals surface area contributed by atoms with E-state index in [1.54, 1.807) is 12.1 Å². The topological polar surface area (TPSA) is 15.3 Å². The second kappa shape index (κ2) is 6.49. The molecule has 0 aromatic heterocycles. The Morgan fingerprint density at radius 2 is 2.05 bits per heavy atom. The van der Waals surface area contributed by atoms with E-state index in [-0.39, 0.29) is 5.82 Å². The SMILES string of the molecule is CNC(C)C1CCN(Cc2cc(F)ccc2C)CC1. The largest absolute Gasteiger partial charge is 0.317 e. The van der Waals surface area contributed by atoms with Gasteiger partial charge in [-0.1, -0.05) is 6.07 Å². The fourth-order valence-electron chi connectivity index (χ4n) is 2.90. The molecule has 0 spiro atoms. The standard InChI is InChI=1S/C16H25FN2/c1-12-4-5-16(17)10-15(12)11-19-8-6-14(7-9-19)13(2)18-3/h4-5,10,13-14,18H,6-9,11H2,1-3H3. The number of nitrogens with zero attached hydrogens (tertiary/aromatic N) is 1. The molecule has 1 N–H and O–H groups in total. The summed E-state index contributed by atoms with van der Waals surface area (Å²) in [6.45, 7) is 7.44. The van der Waals surface area contributed by atoms with Crippen LogP contribution in [-0.4, -0.2) is 31.1 Å². The van der Waals surface area contributed by atoms with Gasteiger partial charge in [0.1, 0.15) is 5.82 Å². The van der Waals surface area contributed by atoms with Gasteiger partial charge in [0.25, 0.3) is 0 Å². The van der Waals surface area contributed by atoms with Crippen LogP contribution in [0.2, 0.25) is 0 Å². The van der Waals surface area contributed by atoms with E-state index in [0.717, 1.165) is 31.1 Å². The lowest BCUT2D eigenvalue weighted by Crippen LogP contribution is -2.40. The number of nitrogens with one attached hydrogen (secondary N) is 1. The van der Waals surface area contributed by atoms with E-state index in [2.05, 4.69) is 24.1 Å². The molecule has 3 heteroatoms. The molecule has 0 bridgehead atoms. The summed E-state index contributed by atoms with van der Waals surface area (Å²) in [4.78, 5) is 2.45. The number of likely N-dealkylation sites (tertiary alicyclic amines) is 1. The predicted octanol–water partition coefficient (Wildman–Crippen LogP) is 2.95. The molecule has 0 radical (unpaired) electrons. The average molecular weight is 264 g/mol. The first kappa shape index (κ1) is 14.5. The smallest absolute Gasteiger partial charge is 0.123 e. The summed E-state index contributed by atoms with van der Waals surface area (Å²) in [7, 11) is 2.03. The first-order chi connectivity index (χ1) is 9.10. The Balaban J connectivity index is 1.90. The third kappa shape index (κ3) is 3.77. The van der Waals surface area contributed by atoms with Gasteiger partial charge in [0.2, 0.25) is 0 Å². The minimum Gasteiger partial charge on any atom is -0.317 e. The van der Waals surface area contributed by atoms with Crippen molar-refractivity contribution in [2.45, 2.75) is 39.3 Å². The van der Waals surface area contributed by atoms with Crippen LogP contribution in [-0.2, 0) is 6.54 Å². The number of piperidine rings is 1. The average Bonchev–Trinajstić information content (AvgIpc) is 2.43. The zero-order chi connectivity index (χ0) is 13.8. The van der Waals surface area contributed by atoms with Crippen molar-refractivity contribution in [1.29, 1.82) is 0 Å². The van der Waals surface area contributed by atoms with Crippen LogP contribution in [0.15, 0.2) is 18.2 Å². The molecule has 2 rings (SSSR count). The molecule has 0 saturated carbocycles. The van der Waals surface area contributed by atoms with E-state index in [1.807, 2.05) is 13.1 Å². The van der Waals surface area contributed by atoms with Crippen LogP contribution in [0.1, 0.15) is 30.9 Å². The third-order valence-electron chi connectivity index (χ3n) is 4.50. The Bertz CT molecular complexity index is 411. The molecule has 1 aromatic rings. The fourth-order valence-corrected chi connectivity index (χ4v) is 2.90. The second-order valence-electron chi connectivity index (χ2n) is 5.76. The molecule has 1 aromatic carbocycles. The highest BCUT2D eigenvalue weighted by molar-refractivity contribution is 5.26. The number of rotatable bonds is 4. The van der Waals surface area contributed by atoms with E-state index in [1.165, 1.54) is 18.4 Å². The zero-order valence-electron chi connectivity index (χ0n) is 12.2. The van der Waals surface area contributed by atoms with E-state index in [9.17, 15) is 4.39 Å². The summed E-state index contributed by atoms with van der Waals surface area (Å²) in [6.07, 6.45) is 2.47. The summed E-state index contributed by atoms with van der Waals surface area (Å²) >= 11 is 0. The molecule has 0 aliphatic carbocycles. The van der Waals surface area contributed by atoms with Crippen molar-refractivity contribution in [3.05, 3.63) is 35.1 Å². The molecule has 1 atom stereocenters. The second-order valence-corrected chi connectivity index (χ2v) is 5.76. The maximum atomic E-state index is 13.3. The number of hydrogen-bond acceptors (Lipinski definition) is 2. The monoisotopic (exact) mass is 264 g/mol. The number of hydrogen-bond donors (Lipinski definition) is 1. The fraction of sp³-hybridized carbons (Fsp3) is 0.625. The summed E-state index contributed by atoms with van der Waals surface area (Å²) < 4.78 is 13.3. The van der Waals surface area contributed by atoms with Gasteiger partial charge in [-0.05, 0) is 76.0 Å². The normalized spacial score (nSPS) is 19.6. The van der Waals surface area contributed by atoms with Crippen LogP contribution >= 0.6 is 0 Å². The Morgan fingerprint density at radius 1 is 1.37 bits per heavy atom. The lowest BCUT2D eigenvalue weighted by atomic mass is 9.90. The molecule has 1 fully saturated rings. The van der Waals surface area contributed by atoms with Gasteiger partial charge < -0.3 is 5.32 Å². The van der Waals surface area contributed by atoms with Gasteiger partial charge in [0.05, 0.1) is 0 Å². The van der Waals surface area contributed by atoms with Crippen LogP contribution in [0.25, 0.3) is 0 Å². The molecule has 1 unspecified atom stereocenters. The zero-order valence-corrected chi connectivity index (χ0v) is 12.2. The maximum absolute atomic E-state index is 13.3. The van der Waals surface area contributed by atoms with Crippen molar-refractivity contribution in [1.82, 2.24) is 10.2 Å². The van der Waals surface area contributed by atoms with Gasteiger partial charge >= 0.3 is 0 Å². The molecule has 2 nitrogen and oxygen atoms in total. The number of aryl methyl sites for hydroxylation is 1. The third-order valence-corrected chi connectivity index (χ3v) is 4.50. The Kier molecular flexibility index (Phi) is 4.94. The van der Waals surface area contributed by atoms with E-state index in [0.29, 0.717) is 6.04 Å². The van der Waals surface area contributed by atoms with Gasteiger partial charge in [-0.15, -0.1) is 0 Å². The van der Waals surface area contributed by atoms with Crippen LogP contribution < -0.4 is 5.32 Å². The van der Waals surface area contributed by atoms with Crippen molar-refractivity contribution >= 4 is 0 Å². The van der Waals surface area contributed by atoms with Gasteiger partial charge in [0.15, 0.2) is 0 Å². The van der Waals surface area contributed by atoms with Crippen LogP contribution in [0.3, 0.4) is 0 Å². The molecule has 1 saturated heterocycles. The van der Waals surface area contributed by atoms with Crippen molar-refractivity contribution in [3.8, 4) is 0 Å². The van der Waals surface area contributed by atoms with Gasteiger partial charge in [-0.25, -0.2) is 4.39 Å². The van der Waals surface area contributed by atoms with Gasteiger partial charge in [-0.2, -0.15) is 0 Å². The highest BCUT2D eigenvalue weighted by Crippen LogP contribution is 2.22. The molecule has 1 aliphatic heterocycles. The maximum Gasteiger partial charge on any atom is 0.123 e. The minimum atomic E-state index is -0.126. The highest BCUT2D eigenvalue weighted by atomic mass is 19.1. The number of halogens is 1. The van der Waals surface area contributed by atoms with E-state index in [4.69, 9.17) is 0 Å². The first-order valence-electron chi connectivity index (χ1n) is 7.25. The van der Waals surface area contributed by atoms with E-state index >= 15 is 0 Å². The molecule has 19 heavy (non-hydrogen) atoms. The van der Waals surface area contributed by atoms with E-state index < -0.39 is 0 Å². The summed E-state index contributed by atoms with van der Waals surface area (Å²) in [6, 6.07) is 5.69. The predicted molar refractivity (Wildman–Crippen MR) is 77.7 cm³/mol. The number of benzene rings is 1. The van der Waals surface area contributed by atoms with Crippen LogP contribution in [0, 0.1) is 18.7 Å². The summed E-state index contributed by atoms with van der Waals surface area (Å²) in [5, 5.41) is 3.35. The minimum absolute atomic E-state index is 0.126. The van der Waals surface area contributed by atoms with Crippen molar-refractivity contribution < 1.29 is 4.39 Å². The van der Waals surface area contributed by atoms with Crippen LogP contribution in [0.5, 0.6) is 0 Å². The lowest BCUT2D eigenvalue weighted by molar-refractivity contribution is 0.158. The van der Waals surface area contributed by atoms with Crippen molar-refractivity contribution in [2.24, 2.45) is 5.92 Å². The Morgan fingerprint density at radius 3 is 2.68 bits per heavy atom. The van der Waals surface area contributed by atoms with Crippen LogP contribution in [0.4, 0.5) is 4.39 Å². The molecular formula is C16H25FN2. The molecular weight excluding hydrogens is 239 g/mol. The quantitative estimate of drug-likeness (QED) is 0.899. The molecule has 0 amide bonds. The molecule has 1 heterocycles. The Hall–Kier alpha value is -0.930. The highest BCUT2D eigenvalue weighted by Gasteiger charge is 2.23. The van der Waals surface area contributed by atoms with Crippen molar-refractivity contribution in [3.63, 3.8) is 0 Å². The Labute approximate surface area is 116 Å². The lowest BCUT2D eigenvalue weighted by Gasteiger charge is -2.35.